The molecule has 29 heavy (non-hydrogen) atoms. The Bertz CT molecular complexity index is 921. The molecule has 6 nitrogen and oxygen atoms in total. The molecule has 2 N–H and O–H groups in total. The molecule has 0 aromatic heterocycles. The lowest BCUT2D eigenvalue weighted by Gasteiger charge is -2.27. The number of rotatable bonds is 7. The highest BCUT2D eigenvalue weighted by molar-refractivity contribution is 6.09. The fraction of sp³-hybridized carbons (Fsp3) is 0.263. The highest BCUT2D eigenvalue weighted by Gasteiger charge is 2.50. The number of aliphatic imine (C=N–C) groups is 1. The number of ether oxygens (including phenoxy) is 2. The number of halogens is 4. The largest absolute Gasteiger partial charge is 0.435 e. The molecule has 1 aliphatic rings. The predicted octanol–water partition coefficient (Wildman–Crippen LogP) is 3.31. The van der Waals surface area contributed by atoms with Gasteiger partial charge in [-0.05, 0) is 42.3 Å². The normalized spacial score (nSPS) is 19.1. The van der Waals surface area contributed by atoms with Gasteiger partial charge in [0.1, 0.15) is 11.5 Å². The Balaban J connectivity index is 2.13. The van der Waals surface area contributed by atoms with Crippen LogP contribution >= 0.6 is 0 Å². The van der Waals surface area contributed by atoms with Crippen LogP contribution in [-0.4, -0.2) is 36.5 Å². The first kappa shape index (κ1) is 20.4. The van der Waals surface area contributed by atoms with Crippen LogP contribution in [0.25, 0.3) is 0 Å². The molecular formula is C19H17F4N3O3. The second-order valence-corrected chi connectivity index (χ2v) is 6.04. The third kappa shape index (κ3) is 3.82. The quantitative estimate of drug-likeness (QED) is 0.710. The summed E-state index contributed by atoms with van der Waals surface area (Å²) in [5.41, 5.74) is 4.79. The first-order chi connectivity index (χ1) is 13.8. The number of nitrogens with two attached hydrogens (primary N) is 1. The molecule has 0 bridgehead atoms. The number of alkyl halides is 4. The Hall–Kier alpha value is -3.30. The SMILES string of the molecule is CCN1C(=O)C(c2ccc(OC(F)F)cc2)(c2cccc(OC(F)F)c2)N=C1N. The zero-order valence-corrected chi connectivity index (χ0v) is 15.2. The number of guanidine groups is 1. The number of benzene rings is 2. The molecule has 1 heterocycles. The van der Waals surface area contributed by atoms with Crippen molar-refractivity contribution < 1.29 is 31.8 Å². The first-order valence-corrected chi connectivity index (χ1v) is 8.56. The number of amides is 1. The van der Waals surface area contributed by atoms with Gasteiger partial charge in [0.15, 0.2) is 11.5 Å². The van der Waals surface area contributed by atoms with Crippen molar-refractivity contribution in [2.24, 2.45) is 10.7 Å². The van der Waals surface area contributed by atoms with E-state index in [4.69, 9.17) is 5.73 Å². The average Bonchev–Trinajstić information content (AvgIpc) is 2.92. The van der Waals surface area contributed by atoms with Gasteiger partial charge in [0.25, 0.3) is 5.91 Å². The summed E-state index contributed by atoms with van der Waals surface area (Å²) >= 11 is 0. The van der Waals surface area contributed by atoms with Crippen LogP contribution in [-0.2, 0) is 10.3 Å². The van der Waals surface area contributed by atoms with Gasteiger partial charge in [-0.3, -0.25) is 9.69 Å². The Morgan fingerprint density at radius 3 is 2.17 bits per heavy atom. The molecule has 1 aliphatic heterocycles. The average molecular weight is 411 g/mol. The van der Waals surface area contributed by atoms with Crippen LogP contribution < -0.4 is 15.2 Å². The fourth-order valence-corrected chi connectivity index (χ4v) is 3.20. The van der Waals surface area contributed by atoms with E-state index in [0.29, 0.717) is 5.56 Å². The number of carbonyl (C=O) groups is 1. The third-order valence-corrected chi connectivity index (χ3v) is 4.40. The van der Waals surface area contributed by atoms with Crippen LogP contribution in [0.4, 0.5) is 17.6 Å². The fourth-order valence-electron chi connectivity index (χ4n) is 3.20. The zero-order valence-electron chi connectivity index (χ0n) is 15.2. The minimum atomic E-state index is -3.05. The molecule has 1 atom stereocenters. The summed E-state index contributed by atoms with van der Waals surface area (Å²) in [7, 11) is 0. The van der Waals surface area contributed by atoms with Crippen LogP contribution in [0.1, 0.15) is 18.1 Å². The summed E-state index contributed by atoms with van der Waals surface area (Å²) in [4.78, 5) is 18.8. The lowest BCUT2D eigenvalue weighted by atomic mass is 9.82. The number of carbonyl (C=O) groups excluding carboxylic acids is 1. The van der Waals surface area contributed by atoms with E-state index < -0.39 is 24.7 Å². The van der Waals surface area contributed by atoms with E-state index in [-0.39, 0.29) is 29.6 Å². The van der Waals surface area contributed by atoms with Gasteiger partial charge in [0.05, 0.1) is 0 Å². The summed E-state index contributed by atoms with van der Waals surface area (Å²) in [6, 6.07) is 10.9. The minimum Gasteiger partial charge on any atom is -0.435 e. The lowest BCUT2D eigenvalue weighted by molar-refractivity contribution is -0.130. The molecule has 0 fully saturated rings. The summed E-state index contributed by atoms with van der Waals surface area (Å²) in [5.74, 6) is -0.825. The van der Waals surface area contributed by atoms with Crippen molar-refractivity contribution in [1.82, 2.24) is 4.90 Å². The highest BCUT2D eigenvalue weighted by Crippen LogP contribution is 2.41. The van der Waals surface area contributed by atoms with Crippen molar-refractivity contribution in [2.75, 3.05) is 6.54 Å². The van der Waals surface area contributed by atoms with E-state index in [1.54, 1.807) is 6.92 Å². The summed E-state index contributed by atoms with van der Waals surface area (Å²) < 4.78 is 58.9. The molecule has 0 saturated heterocycles. The van der Waals surface area contributed by atoms with Crippen molar-refractivity contribution in [2.45, 2.75) is 25.7 Å². The van der Waals surface area contributed by atoms with E-state index in [9.17, 15) is 22.4 Å². The van der Waals surface area contributed by atoms with Gasteiger partial charge in [-0.15, -0.1) is 0 Å². The molecule has 154 valence electrons. The maximum Gasteiger partial charge on any atom is 0.387 e. The Morgan fingerprint density at radius 2 is 1.62 bits per heavy atom. The van der Waals surface area contributed by atoms with Gasteiger partial charge in [-0.25, -0.2) is 4.99 Å². The second kappa shape index (κ2) is 7.98. The summed E-state index contributed by atoms with van der Waals surface area (Å²) in [5, 5.41) is 0. The standard InChI is InChI=1S/C19H17F4N3O3/c1-2-26-15(27)19(25-18(26)24,11-6-8-13(9-7-11)28-16(20)21)12-4-3-5-14(10-12)29-17(22)23/h3-10,16-17H,2H2,1H3,(H2,24,25). The minimum absolute atomic E-state index is 0.0504. The van der Waals surface area contributed by atoms with Crippen LogP contribution in [0.5, 0.6) is 11.5 Å². The van der Waals surface area contributed by atoms with Crippen molar-refractivity contribution in [3.63, 3.8) is 0 Å². The third-order valence-electron chi connectivity index (χ3n) is 4.40. The van der Waals surface area contributed by atoms with Crippen LogP contribution in [0.15, 0.2) is 53.5 Å². The van der Waals surface area contributed by atoms with Crippen molar-refractivity contribution in [3.05, 3.63) is 59.7 Å². The molecule has 3 rings (SSSR count). The maximum atomic E-state index is 13.3. The molecule has 2 aromatic rings. The number of nitrogens with zero attached hydrogens (tertiary/aromatic N) is 2. The summed E-state index contributed by atoms with van der Waals surface area (Å²) in [6.45, 7) is -4.12. The van der Waals surface area contributed by atoms with Gasteiger partial charge in [-0.1, -0.05) is 24.3 Å². The van der Waals surface area contributed by atoms with Crippen molar-refractivity contribution >= 4 is 11.9 Å². The number of likely N-dealkylation sites (N-methyl/N-ethyl adjacent to an activating group) is 1. The molecule has 0 spiro atoms. The lowest BCUT2D eigenvalue weighted by Crippen LogP contribution is -2.43. The number of hydrogen-bond donors (Lipinski definition) is 1. The van der Waals surface area contributed by atoms with Crippen LogP contribution in [0, 0.1) is 0 Å². The van der Waals surface area contributed by atoms with E-state index in [2.05, 4.69) is 14.5 Å². The monoisotopic (exact) mass is 411 g/mol. The molecule has 0 radical (unpaired) electrons. The van der Waals surface area contributed by atoms with Crippen molar-refractivity contribution in [1.29, 1.82) is 0 Å². The summed E-state index contributed by atoms with van der Waals surface area (Å²) in [6.07, 6.45) is 0. The van der Waals surface area contributed by atoms with Gasteiger partial charge >= 0.3 is 13.2 Å². The molecule has 1 amide bonds. The maximum absolute atomic E-state index is 13.3. The van der Waals surface area contributed by atoms with Gasteiger partial charge < -0.3 is 15.2 Å². The van der Waals surface area contributed by atoms with E-state index in [1.807, 2.05) is 0 Å². The predicted molar refractivity (Wildman–Crippen MR) is 95.9 cm³/mol. The number of hydrogen-bond acceptors (Lipinski definition) is 5. The first-order valence-electron chi connectivity index (χ1n) is 8.56. The van der Waals surface area contributed by atoms with E-state index in [0.717, 1.165) is 0 Å². The Morgan fingerprint density at radius 1 is 1.00 bits per heavy atom. The highest BCUT2D eigenvalue weighted by atomic mass is 19.3. The molecule has 10 heteroatoms. The van der Waals surface area contributed by atoms with E-state index >= 15 is 0 Å². The van der Waals surface area contributed by atoms with Gasteiger partial charge in [0.2, 0.25) is 0 Å². The Kier molecular flexibility index (Phi) is 5.62. The van der Waals surface area contributed by atoms with Crippen LogP contribution in [0.2, 0.25) is 0 Å². The molecular weight excluding hydrogens is 394 g/mol. The molecule has 0 aliphatic carbocycles. The smallest absolute Gasteiger partial charge is 0.387 e. The zero-order chi connectivity index (χ0) is 21.2. The molecule has 0 saturated carbocycles. The molecule has 1 unspecified atom stereocenters. The second-order valence-electron chi connectivity index (χ2n) is 6.04. The molecule has 2 aromatic carbocycles. The van der Waals surface area contributed by atoms with Crippen molar-refractivity contribution in [3.8, 4) is 11.5 Å². The topological polar surface area (TPSA) is 77.2 Å². The Labute approximate surface area is 163 Å². The van der Waals surface area contributed by atoms with Crippen LogP contribution in [0.3, 0.4) is 0 Å². The van der Waals surface area contributed by atoms with Gasteiger partial charge in [0, 0.05) is 6.54 Å². The van der Waals surface area contributed by atoms with Gasteiger partial charge in [-0.2, -0.15) is 17.6 Å². The van der Waals surface area contributed by atoms with E-state index in [1.165, 1.54) is 53.4 Å².